The molecule has 0 aliphatic carbocycles. The molecule has 0 aromatic carbocycles. The van der Waals surface area contributed by atoms with Crippen LogP contribution in [0.3, 0.4) is 0 Å². The Morgan fingerprint density at radius 2 is 1.89 bits per heavy atom. The van der Waals surface area contributed by atoms with E-state index in [9.17, 15) is 9.59 Å². The maximum Gasteiger partial charge on any atom is 0.263 e. The zero-order valence-corrected chi connectivity index (χ0v) is 17.1. The first kappa shape index (κ1) is 19.5. The fourth-order valence-electron chi connectivity index (χ4n) is 3.46. The molecule has 8 heteroatoms. The van der Waals surface area contributed by atoms with Gasteiger partial charge in [0.05, 0.1) is 22.8 Å². The van der Waals surface area contributed by atoms with Crippen molar-refractivity contribution in [2.45, 2.75) is 47.0 Å². The Labute approximate surface area is 163 Å². The Bertz CT molecular complexity index is 815. The molecule has 0 spiro atoms. The summed E-state index contributed by atoms with van der Waals surface area (Å²) in [7, 11) is 0. The first-order valence-electron chi connectivity index (χ1n) is 9.27. The largest absolute Gasteiger partial charge is 0.361 e. The molecule has 3 heterocycles. The van der Waals surface area contributed by atoms with Crippen LogP contribution in [0, 0.1) is 33.6 Å². The Hall–Kier alpha value is -2.22. The summed E-state index contributed by atoms with van der Waals surface area (Å²) in [5.74, 6) is 1.18. The number of carbonyl (C=O) groups is 2. The molecule has 0 unspecified atom stereocenters. The third-order valence-electron chi connectivity index (χ3n) is 5.14. The van der Waals surface area contributed by atoms with Gasteiger partial charge in [0, 0.05) is 25.2 Å². The predicted molar refractivity (Wildman–Crippen MR) is 103 cm³/mol. The van der Waals surface area contributed by atoms with Crippen LogP contribution in [0.1, 0.15) is 50.2 Å². The van der Waals surface area contributed by atoms with Gasteiger partial charge in [0.15, 0.2) is 0 Å². The lowest BCUT2D eigenvalue weighted by Crippen LogP contribution is -2.42. The quantitative estimate of drug-likeness (QED) is 0.848. The van der Waals surface area contributed by atoms with E-state index in [0.29, 0.717) is 29.5 Å². The highest BCUT2D eigenvalue weighted by Crippen LogP contribution is 2.21. The summed E-state index contributed by atoms with van der Waals surface area (Å²) >= 11 is 1.43. The minimum atomic E-state index is -0.0463. The summed E-state index contributed by atoms with van der Waals surface area (Å²) in [5.41, 5.74) is 2.46. The van der Waals surface area contributed by atoms with Crippen LogP contribution in [0.2, 0.25) is 0 Å². The van der Waals surface area contributed by atoms with Crippen molar-refractivity contribution in [1.29, 1.82) is 0 Å². The number of aryl methyl sites for hydroxylation is 4. The van der Waals surface area contributed by atoms with Gasteiger partial charge in [-0.15, -0.1) is 11.3 Å². The lowest BCUT2D eigenvalue weighted by Gasteiger charge is -2.32. The summed E-state index contributed by atoms with van der Waals surface area (Å²) in [5, 5.41) is 7.84. The number of carbonyl (C=O) groups excluding carboxylic acids is 2. The van der Waals surface area contributed by atoms with Crippen molar-refractivity contribution in [1.82, 2.24) is 20.4 Å². The molecule has 1 saturated heterocycles. The molecule has 0 bridgehead atoms. The number of hydrogen-bond acceptors (Lipinski definition) is 6. The Kier molecular flexibility index (Phi) is 5.94. The van der Waals surface area contributed by atoms with Gasteiger partial charge in [0.1, 0.15) is 10.6 Å². The van der Waals surface area contributed by atoms with E-state index in [1.165, 1.54) is 11.3 Å². The number of aromatic nitrogens is 2. The summed E-state index contributed by atoms with van der Waals surface area (Å²) in [6, 6.07) is 0. The van der Waals surface area contributed by atoms with Crippen LogP contribution in [0.4, 0.5) is 0 Å². The van der Waals surface area contributed by atoms with Crippen LogP contribution in [0.5, 0.6) is 0 Å². The van der Waals surface area contributed by atoms with Gasteiger partial charge in [-0.25, -0.2) is 4.98 Å². The van der Waals surface area contributed by atoms with Gasteiger partial charge in [0.2, 0.25) is 5.91 Å². The Morgan fingerprint density at radius 3 is 2.44 bits per heavy atom. The van der Waals surface area contributed by atoms with E-state index in [1.807, 2.05) is 32.6 Å². The maximum atomic E-state index is 12.5. The zero-order chi connectivity index (χ0) is 19.6. The topological polar surface area (TPSA) is 88.3 Å². The van der Waals surface area contributed by atoms with Crippen LogP contribution < -0.4 is 5.32 Å². The molecule has 1 aliphatic rings. The molecule has 2 aromatic rings. The first-order chi connectivity index (χ1) is 12.8. The molecule has 2 amide bonds. The molecule has 1 aliphatic heterocycles. The van der Waals surface area contributed by atoms with Gasteiger partial charge >= 0.3 is 0 Å². The van der Waals surface area contributed by atoms with Gasteiger partial charge < -0.3 is 14.7 Å². The second-order valence-electron chi connectivity index (χ2n) is 7.16. The fourth-order valence-corrected chi connectivity index (χ4v) is 4.30. The number of piperidine rings is 1. The number of amides is 2. The standard InChI is InChI=1S/C19H26N4O3S/c1-11-16(13(3)26-22-11)9-17(24)23-7-5-15(6-8-23)10-20-19(25)18-12(2)21-14(4)27-18/h15H,5-10H2,1-4H3,(H,20,25). The van der Waals surface area contributed by atoms with E-state index < -0.39 is 0 Å². The highest BCUT2D eigenvalue weighted by Gasteiger charge is 2.25. The van der Waals surface area contributed by atoms with Crippen LogP contribution in [-0.4, -0.2) is 46.5 Å². The molecular weight excluding hydrogens is 364 g/mol. The Morgan fingerprint density at radius 1 is 1.19 bits per heavy atom. The lowest BCUT2D eigenvalue weighted by molar-refractivity contribution is -0.131. The molecule has 3 rings (SSSR count). The van der Waals surface area contributed by atoms with Crippen molar-refractivity contribution in [2.75, 3.05) is 19.6 Å². The molecule has 146 valence electrons. The molecular formula is C19H26N4O3S. The number of nitrogens with one attached hydrogen (secondary N) is 1. The number of hydrogen-bond donors (Lipinski definition) is 1. The van der Waals surface area contributed by atoms with Crippen LogP contribution in [-0.2, 0) is 11.2 Å². The summed E-state index contributed by atoms with van der Waals surface area (Å²) in [4.78, 5) is 31.8. The average Bonchev–Trinajstić information content (AvgIpc) is 3.15. The molecule has 0 radical (unpaired) electrons. The number of thiazole rings is 1. The van der Waals surface area contributed by atoms with E-state index in [0.717, 1.165) is 47.9 Å². The minimum absolute atomic E-state index is 0.0463. The summed E-state index contributed by atoms with van der Waals surface area (Å²) in [6.07, 6.45) is 2.13. The average molecular weight is 391 g/mol. The van der Waals surface area contributed by atoms with Crippen molar-refractivity contribution in [3.8, 4) is 0 Å². The van der Waals surface area contributed by atoms with Crippen LogP contribution >= 0.6 is 11.3 Å². The second-order valence-corrected chi connectivity index (χ2v) is 8.36. The van der Waals surface area contributed by atoms with E-state index in [4.69, 9.17) is 4.52 Å². The monoisotopic (exact) mass is 390 g/mol. The van der Waals surface area contributed by atoms with Crippen molar-refractivity contribution in [3.63, 3.8) is 0 Å². The predicted octanol–water partition coefficient (Wildman–Crippen LogP) is 2.58. The van der Waals surface area contributed by atoms with Crippen molar-refractivity contribution in [3.05, 3.63) is 32.6 Å². The lowest BCUT2D eigenvalue weighted by atomic mass is 9.96. The van der Waals surface area contributed by atoms with E-state index >= 15 is 0 Å². The molecule has 0 atom stereocenters. The van der Waals surface area contributed by atoms with Crippen molar-refractivity contribution in [2.24, 2.45) is 5.92 Å². The molecule has 0 saturated carbocycles. The highest BCUT2D eigenvalue weighted by atomic mass is 32.1. The molecule has 1 fully saturated rings. The third-order valence-corrected chi connectivity index (χ3v) is 6.21. The van der Waals surface area contributed by atoms with Crippen molar-refractivity contribution < 1.29 is 14.1 Å². The van der Waals surface area contributed by atoms with Crippen LogP contribution in [0.15, 0.2) is 4.52 Å². The molecule has 27 heavy (non-hydrogen) atoms. The van der Waals surface area contributed by atoms with Gasteiger partial charge in [-0.05, 0) is 46.5 Å². The van der Waals surface area contributed by atoms with Gasteiger partial charge in [0.25, 0.3) is 5.91 Å². The van der Waals surface area contributed by atoms with E-state index in [1.54, 1.807) is 0 Å². The highest BCUT2D eigenvalue weighted by molar-refractivity contribution is 7.13. The molecule has 7 nitrogen and oxygen atoms in total. The second kappa shape index (κ2) is 8.21. The van der Waals surface area contributed by atoms with E-state index in [2.05, 4.69) is 15.5 Å². The summed E-state index contributed by atoms with van der Waals surface area (Å²) < 4.78 is 5.14. The van der Waals surface area contributed by atoms with Crippen molar-refractivity contribution >= 4 is 23.2 Å². The fraction of sp³-hybridized carbons (Fsp3) is 0.579. The smallest absolute Gasteiger partial charge is 0.263 e. The maximum absolute atomic E-state index is 12.5. The van der Waals surface area contributed by atoms with Gasteiger partial charge in [-0.1, -0.05) is 5.16 Å². The summed E-state index contributed by atoms with van der Waals surface area (Å²) in [6.45, 7) is 9.55. The molecule has 2 aromatic heterocycles. The minimum Gasteiger partial charge on any atom is -0.361 e. The normalized spacial score (nSPS) is 15.2. The first-order valence-corrected chi connectivity index (χ1v) is 10.1. The zero-order valence-electron chi connectivity index (χ0n) is 16.3. The third kappa shape index (κ3) is 4.55. The van der Waals surface area contributed by atoms with Crippen LogP contribution in [0.25, 0.3) is 0 Å². The Balaban J connectivity index is 1.45. The van der Waals surface area contributed by atoms with E-state index in [-0.39, 0.29) is 11.8 Å². The van der Waals surface area contributed by atoms with Gasteiger partial charge in [-0.3, -0.25) is 9.59 Å². The number of likely N-dealkylation sites (tertiary alicyclic amines) is 1. The molecule has 1 N–H and O–H groups in total. The van der Waals surface area contributed by atoms with Gasteiger partial charge in [-0.2, -0.15) is 0 Å². The SMILES string of the molecule is Cc1nc(C)c(C(=O)NCC2CCN(C(=O)Cc3c(C)noc3C)CC2)s1. The number of rotatable bonds is 5. The number of nitrogens with zero attached hydrogens (tertiary/aromatic N) is 3.